The van der Waals surface area contributed by atoms with Gasteiger partial charge in [-0.25, -0.2) is 10.1 Å². The largest absolute Gasteiger partial charge is 0.402 e. The van der Waals surface area contributed by atoms with Gasteiger partial charge >= 0.3 is 7.75 Å². The smallest absolute Gasteiger partial charge is 0.296 e. The monoisotopic (exact) mass is 309 g/mol. The molecule has 0 heterocycles. The highest BCUT2D eigenvalue weighted by Crippen LogP contribution is 2.38. The number of halogens is 2. The SMILES string of the molecule is NP(=O)(OCCBr)OCCBr. The highest BCUT2D eigenvalue weighted by molar-refractivity contribution is 9.09. The lowest BCUT2D eigenvalue weighted by Crippen LogP contribution is -2.06. The minimum absolute atomic E-state index is 0.288. The molecular weight excluding hydrogens is 301 g/mol. The van der Waals surface area contributed by atoms with Crippen LogP contribution in [0.2, 0.25) is 0 Å². The summed E-state index contributed by atoms with van der Waals surface area (Å²) in [6.07, 6.45) is 0. The molecule has 0 amide bonds. The molecule has 4 nitrogen and oxygen atoms in total. The van der Waals surface area contributed by atoms with Crippen LogP contribution in [-0.4, -0.2) is 23.9 Å². The fourth-order valence-electron chi connectivity index (χ4n) is 0.361. The van der Waals surface area contributed by atoms with Crippen molar-refractivity contribution in [3.63, 3.8) is 0 Å². The lowest BCUT2D eigenvalue weighted by Gasteiger charge is -2.11. The van der Waals surface area contributed by atoms with Gasteiger partial charge in [0.15, 0.2) is 0 Å². The first-order chi connectivity index (χ1) is 5.12. The Bertz CT molecular complexity index is 133. The molecule has 0 saturated heterocycles. The summed E-state index contributed by atoms with van der Waals surface area (Å²) in [5.74, 6) is 0. The molecule has 0 aliphatic rings. The van der Waals surface area contributed by atoms with E-state index in [1.54, 1.807) is 0 Å². The number of nitrogens with two attached hydrogens (primary N) is 1. The van der Waals surface area contributed by atoms with Crippen LogP contribution in [0.4, 0.5) is 0 Å². The Hall–Kier alpha value is 1.07. The van der Waals surface area contributed by atoms with Gasteiger partial charge in [0.1, 0.15) is 0 Å². The van der Waals surface area contributed by atoms with E-state index in [2.05, 4.69) is 31.9 Å². The predicted molar refractivity (Wildman–Crippen MR) is 51.3 cm³/mol. The van der Waals surface area contributed by atoms with Crippen LogP contribution < -0.4 is 5.50 Å². The maximum absolute atomic E-state index is 11.0. The third-order valence-electron chi connectivity index (χ3n) is 0.697. The topological polar surface area (TPSA) is 61.6 Å². The maximum Gasteiger partial charge on any atom is 0.402 e. The van der Waals surface area contributed by atoms with Crippen LogP contribution in [0.1, 0.15) is 0 Å². The van der Waals surface area contributed by atoms with Crippen molar-refractivity contribution in [1.82, 2.24) is 0 Å². The van der Waals surface area contributed by atoms with Crippen LogP contribution in [0.3, 0.4) is 0 Å². The van der Waals surface area contributed by atoms with Crippen LogP contribution in [0.5, 0.6) is 0 Å². The number of alkyl halides is 2. The van der Waals surface area contributed by atoms with Crippen LogP contribution >= 0.6 is 39.6 Å². The molecule has 0 atom stereocenters. The summed E-state index contributed by atoms with van der Waals surface area (Å²) in [4.78, 5) is 0. The lowest BCUT2D eigenvalue weighted by atomic mass is 10.9. The molecule has 0 radical (unpaired) electrons. The van der Waals surface area contributed by atoms with E-state index >= 15 is 0 Å². The van der Waals surface area contributed by atoms with Crippen molar-refractivity contribution in [2.24, 2.45) is 5.50 Å². The van der Waals surface area contributed by atoms with Gasteiger partial charge in [-0.15, -0.1) is 0 Å². The average Bonchev–Trinajstić information content (AvgIpc) is 1.97. The minimum Gasteiger partial charge on any atom is -0.296 e. The normalized spacial score (nSPS) is 11.9. The van der Waals surface area contributed by atoms with E-state index in [4.69, 9.17) is 14.6 Å². The summed E-state index contributed by atoms with van der Waals surface area (Å²) in [7, 11) is -3.29. The maximum atomic E-state index is 11.0. The third kappa shape index (κ3) is 7.43. The van der Waals surface area contributed by atoms with Crippen molar-refractivity contribution >= 4 is 39.6 Å². The summed E-state index contributed by atoms with van der Waals surface area (Å²) in [6.45, 7) is 0.576. The van der Waals surface area contributed by atoms with E-state index in [0.29, 0.717) is 10.7 Å². The van der Waals surface area contributed by atoms with E-state index in [-0.39, 0.29) is 13.2 Å². The lowest BCUT2D eigenvalue weighted by molar-refractivity contribution is 0.224. The van der Waals surface area contributed by atoms with Crippen molar-refractivity contribution < 1.29 is 13.6 Å². The van der Waals surface area contributed by atoms with Crippen LogP contribution in [0.15, 0.2) is 0 Å². The zero-order valence-corrected chi connectivity index (χ0v) is 9.90. The number of hydrogen-bond acceptors (Lipinski definition) is 3. The second kappa shape index (κ2) is 6.57. The van der Waals surface area contributed by atoms with Gasteiger partial charge < -0.3 is 0 Å². The fraction of sp³-hybridized carbons (Fsp3) is 1.00. The highest BCUT2D eigenvalue weighted by atomic mass is 79.9. The van der Waals surface area contributed by atoms with Gasteiger partial charge in [-0.05, 0) is 0 Å². The summed E-state index contributed by atoms with van der Waals surface area (Å²) in [6, 6.07) is 0. The first kappa shape index (κ1) is 12.1. The predicted octanol–water partition coefficient (Wildman–Crippen LogP) is 1.88. The van der Waals surface area contributed by atoms with E-state index in [1.165, 1.54) is 0 Å². The van der Waals surface area contributed by atoms with Gasteiger partial charge in [0, 0.05) is 10.7 Å². The van der Waals surface area contributed by atoms with Gasteiger partial charge in [-0.3, -0.25) is 9.05 Å². The number of hydrogen-bond donors (Lipinski definition) is 1. The Balaban J connectivity index is 3.53. The molecule has 0 aromatic carbocycles. The zero-order chi connectivity index (χ0) is 8.74. The van der Waals surface area contributed by atoms with Crippen LogP contribution in [0, 0.1) is 0 Å². The molecule has 0 unspecified atom stereocenters. The minimum atomic E-state index is -3.29. The van der Waals surface area contributed by atoms with Gasteiger partial charge in [-0.2, -0.15) is 0 Å². The van der Waals surface area contributed by atoms with Crippen molar-refractivity contribution in [1.29, 1.82) is 0 Å². The van der Waals surface area contributed by atoms with Crippen LogP contribution in [0.25, 0.3) is 0 Å². The molecule has 0 bridgehead atoms. The van der Waals surface area contributed by atoms with Gasteiger partial charge in [0.2, 0.25) is 0 Å². The average molecular weight is 311 g/mol. The van der Waals surface area contributed by atoms with Crippen molar-refractivity contribution in [3.05, 3.63) is 0 Å². The second-order valence-corrected chi connectivity index (χ2v) is 4.77. The van der Waals surface area contributed by atoms with Crippen LogP contribution in [-0.2, 0) is 13.6 Å². The zero-order valence-electron chi connectivity index (χ0n) is 5.83. The molecule has 0 fully saturated rings. The fourth-order valence-corrected chi connectivity index (χ4v) is 1.95. The molecule has 2 N–H and O–H groups in total. The van der Waals surface area contributed by atoms with Gasteiger partial charge in [0.25, 0.3) is 0 Å². The van der Waals surface area contributed by atoms with E-state index in [9.17, 15) is 4.57 Å². The Morgan fingerprint density at radius 3 is 1.82 bits per heavy atom. The second-order valence-electron chi connectivity index (χ2n) is 1.58. The van der Waals surface area contributed by atoms with Crippen molar-refractivity contribution in [2.45, 2.75) is 0 Å². The van der Waals surface area contributed by atoms with Gasteiger partial charge in [-0.1, -0.05) is 31.9 Å². The highest BCUT2D eigenvalue weighted by Gasteiger charge is 2.16. The summed E-state index contributed by atoms with van der Waals surface area (Å²) in [5.41, 5.74) is 5.16. The summed E-state index contributed by atoms with van der Waals surface area (Å²) >= 11 is 6.21. The Kier molecular flexibility index (Phi) is 7.21. The molecule has 0 spiro atoms. The standard InChI is InChI=1S/C4H10Br2NO3P/c5-1-3-9-11(7,8)10-4-2-6/h1-4H2,(H2,7,8). The first-order valence-electron chi connectivity index (χ1n) is 2.92. The molecule has 0 saturated carbocycles. The molecule has 0 aromatic rings. The molecule has 7 heteroatoms. The summed E-state index contributed by atoms with van der Waals surface area (Å²) < 4.78 is 20.5. The molecule has 68 valence electrons. The molecule has 0 aromatic heterocycles. The van der Waals surface area contributed by atoms with E-state index in [0.717, 1.165) is 0 Å². The Morgan fingerprint density at radius 2 is 1.55 bits per heavy atom. The molecule has 0 rings (SSSR count). The first-order valence-corrected chi connectivity index (χ1v) is 6.77. The summed E-state index contributed by atoms with van der Waals surface area (Å²) in [5, 5.41) is 1.18. The van der Waals surface area contributed by atoms with Gasteiger partial charge in [0.05, 0.1) is 13.2 Å². The number of rotatable bonds is 6. The Labute approximate surface area is 82.7 Å². The molecule has 11 heavy (non-hydrogen) atoms. The third-order valence-corrected chi connectivity index (χ3v) is 2.43. The quantitative estimate of drug-likeness (QED) is 0.601. The Morgan fingerprint density at radius 1 is 1.18 bits per heavy atom. The van der Waals surface area contributed by atoms with Crippen molar-refractivity contribution in [2.75, 3.05) is 23.9 Å². The molecule has 0 aliphatic heterocycles. The molecular formula is C4H10Br2NO3P. The molecule has 0 aliphatic carbocycles. The van der Waals surface area contributed by atoms with E-state index in [1.807, 2.05) is 0 Å². The van der Waals surface area contributed by atoms with Crippen molar-refractivity contribution in [3.8, 4) is 0 Å². The van der Waals surface area contributed by atoms with E-state index < -0.39 is 7.75 Å².